The zero-order valence-corrected chi connectivity index (χ0v) is 17.8. The van der Waals surface area contributed by atoms with Gasteiger partial charge in [0.15, 0.2) is 0 Å². The van der Waals surface area contributed by atoms with Gasteiger partial charge in [0.2, 0.25) is 11.8 Å². The average Bonchev–Trinajstić information content (AvgIpc) is 3.34. The predicted octanol–water partition coefficient (Wildman–Crippen LogP) is 3.56. The number of ether oxygens (including phenoxy) is 1. The van der Waals surface area contributed by atoms with Crippen molar-refractivity contribution >= 4 is 0 Å². The van der Waals surface area contributed by atoms with Crippen LogP contribution in [0.4, 0.5) is 0 Å². The molecule has 8 nitrogen and oxygen atoms in total. The highest BCUT2D eigenvalue weighted by Crippen LogP contribution is 2.47. The summed E-state index contributed by atoms with van der Waals surface area (Å²) in [5.41, 5.74) is 9.94. The van der Waals surface area contributed by atoms with E-state index < -0.39 is 0 Å². The van der Waals surface area contributed by atoms with Crippen molar-refractivity contribution in [1.29, 1.82) is 5.26 Å². The minimum absolute atomic E-state index is 0.121. The molecular formula is C22H25N7O. The molecule has 1 aromatic carbocycles. The summed E-state index contributed by atoms with van der Waals surface area (Å²) in [6.45, 7) is 10.4. The van der Waals surface area contributed by atoms with E-state index in [1.54, 1.807) is 11.0 Å². The Labute approximate surface area is 175 Å². The van der Waals surface area contributed by atoms with Crippen LogP contribution in [0, 0.1) is 11.3 Å². The molecule has 8 heteroatoms. The minimum Gasteiger partial charge on any atom is -0.422 e. The fourth-order valence-corrected chi connectivity index (χ4v) is 3.74. The number of nitrogens with zero attached hydrogens (tertiary/aromatic N) is 6. The van der Waals surface area contributed by atoms with E-state index >= 15 is 0 Å². The maximum absolute atomic E-state index is 9.90. The molecular weight excluding hydrogens is 378 g/mol. The molecule has 0 saturated carbocycles. The standard InChI is InChI=1S/C22H25N7O/c1-13(2)19-18-17(14-6-8-15(9-7-14)28-12-25-11-26-28)16(10-23)20(24)30-21(18)29(27-19)22(3,4)5/h6-9,11-13,17H,24H2,1-5H3. The van der Waals surface area contributed by atoms with Gasteiger partial charge >= 0.3 is 0 Å². The van der Waals surface area contributed by atoms with Crippen LogP contribution in [0.1, 0.15) is 63.3 Å². The largest absolute Gasteiger partial charge is 0.422 e. The lowest BCUT2D eigenvalue weighted by Gasteiger charge is -2.28. The molecule has 0 fully saturated rings. The molecule has 3 heterocycles. The topological polar surface area (TPSA) is 108 Å². The number of hydrogen-bond donors (Lipinski definition) is 1. The Morgan fingerprint density at radius 2 is 1.90 bits per heavy atom. The van der Waals surface area contributed by atoms with Crippen LogP contribution in [0.25, 0.3) is 5.69 Å². The number of nitriles is 1. The highest BCUT2D eigenvalue weighted by molar-refractivity contribution is 5.57. The molecule has 1 aliphatic rings. The number of benzene rings is 1. The van der Waals surface area contributed by atoms with E-state index in [0.29, 0.717) is 11.5 Å². The monoisotopic (exact) mass is 403 g/mol. The fraction of sp³-hybridized carbons (Fsp3) is 0.364. The minimum atomic E-state index is -0.350. The number of nitrogens with two attached hydrogens (primary N) is 1. The summed E-state index contributed by atoms with van der Waals surface area (Å²) in [7, 11) is 0. The third-order valence-corrected chi connectivity index (χ3v) is 5.17. The first-order valence-corrected chi connectivity index (χ1v) is 9.88. The van der Waals surface area contributed by atoms with Crippen LogP contribution in [0.2, 0.25) is 0 Å². The van der Waals surface area contributed by atoms with Crippen molar-refractivity contribution in [2.45, 2.75) is 52.0 Å². The molecule has 2 N–H and O–H groups in total. The normalized spacial score (nSPS) is 16.4. The van der Waals surface area contributed by atoms with E-state index in [4.69, 9.17) is 15.6 Å². The van der Waals surface area contributed by atoms with E-state index in [9.17, 15) is 5.26 Å². The van der Waals surface area contributed by atoms with Crippen molar-refractivity contribution in [1.82, 2.24) is 24.5 Å². The van der Waals surface area contributed by atoms with E-state index in [1.165, 1.54) is 6.33 Å². The maximum atomic E-state index is 9.90. The lowest BCUT2D eigenvalue weighted by Crippen LogP contribution is -2.27. The fourth-order valence-electron chi connectivity index (χ4n) is 3.74. The first-order valence-electron chi connectivity index (χ1n) is 9.88. The molecule has 30 heavy (non-hydrogen) atoms. The second-order valence-electron chi connectivity index (χ2n) is 8.70. The zero-order chi connectivity index (χ0) is 21.6. The SMILES string of the molecule is CC(C)c1nn(C(C)(C)C)c2c1C(c1ccc(-n3cncn3)cc1)C(C#N)=C(N)O2. The van der Waals surface area contributed by atoms with Crippen LogP contribution in [0.15, 0.2) is 48.4 Å². The first kappa shape index (κ1) is 19.7. The summed E-state index contributed by atoms with van der Waals surface area (Å²) < 4.78 is 9.53. The quantitative estimate of drug-likeness (QED) is 0.716. The van der Waals surface area contributed by atoms with Gasteiger partial charge in [-0.05, 0) is 44.4 Å². The van der Waals surface area contributed by atoms with E-state index in [-0.39, 0.29) is 23.3 Å². The molecule has 0 radical (unpaired) electrons. The van der Waals surface area contributed by atoms with Gasteiger partial charge < -0.3 is 10.5 Å². The molecule has 1 aliphatic heterocycles. The molecule has 0 spiro atoms. The van der Waals surface area contributed by atoms with Gasteiger partial charge in [0.25, 0.3) is 0 Å². The van der Waals surface area contributed by atoms with Crippen molar-refractivity contribution < 1.29 is 4.74 Å². The van der Waals surface area contributed by atoms with E-state index in [2.05, 4.69) is 50.8 Å². The molecule has 0 saturated heterocycles. The average molecular weight is 403 g/mol. The van der Waals surface area contributed by atoms with Gasteiger partial charge in [-0.3, -0.25) is 0 Å². The van der Waals surface area contributed by atoms with E-state index in [1.807, 2.05) is 28.9 Å². The van der Waals surface area contributed by atoms with Crippen LogP contribution in [0.5, 0.6) is 5.88 Å². The third-order valence-electron chi connectivity index (χ3n) is 5.17. The van der Waals surface area contributed by atoms with Gasteiger partial charge in [0, 0.05) is 0 Å². The van der Waals surface area contributed by atoms with Gasteiger partial charge in [-0.25, -0.2) is 14.3 Å². The van der Waals surface area contributed by atoms with Crippen LogP contribution < -0.4 is 10.5 Å². The number of aromatic nitrogens is 5. The number of rotatable bonds is 3. The predicted molar refractivity (Wildman–Crippen MR) is 112 cm³/mol. The summed E-state index contributed by atoms with van der Waals surface area (Å²) in [5, 5.41) is 18.9. The Hall–Kier alpha value is -3.60. The summed E-state index contributed by atoms with van der Waals surface area (Å²) in [5.74, 6) is 0.531. The van der Waals surface area contributed by atoms with Crippen LogP contribution in [-0.2, 0) is 5.54 Å². The van der Waals surface area contributed by atoms with Crippen molar-refractivity contribution in [2.24, 2.45) is 5.73 Å². The lowest BCUT2D eigenvalue weighted by molar-refractivity contribution is 0.277. The van der Waals surface area contributed by atoms with Crippen LogP contribution in [0.3, 0.4) is 0 Å². The second kappa shape index (κ2) is 7.02. The summed E-state index contributed by atoms with van der Waals surface area (Å²) in [6, 6.07) is 10.1. The first-order chi connectivity index (χ1) is 14.2. The number of allylic oxidation sites excluding steroid dienone is 1. The molecule has 1 unspecified atom stereocenters. The van der Waals surface area contributed by atoms with Gasteiger partial charge in [-0.2, -0.15) is 15.5 Å². The maximum Gasteiger partial charge on any atom is 0.224 e. The van der Waals surface area contributed by atoms with Gasteiger partial charge in [0.05, 0.1) is 28.4 Å². The Kier molecular flexibility index (Phi) is 4.61. The van der Waals surface area contributed by atoms with Gasteiger partial charge in [-0.1, -0.05) is 26.0 Å². The van der Waals surface area contributed by atoms with Crippen molar-refractivity contribution in [3.05, 3.63) is 65.2 Å². The van der Waals surface area contributed by atoms with Crippen molar-refractivity contribution in [2.75, 3.05) is 0 Å². The molecule has 2 aromatic heterocycles. The summed E-state index contributed by atoms with van der Waals surface area (Å²) >= 11 is 0. The lowest BCUT2D eigenvalue weighted by atomic mass is 9.82. The molecule has 0 bridgehead atoms. The highest BCUT2D eigenvalue weighted by Gasteiger charge is 2.39. The summed E-state index contributed by atoms with van der Waals surface area (Å²) in [6.07, 6.45) is 3.13. The molecule has 4 rings (SSSR count). The Morgan fingerprint density at radius 3 is 2.43 bits per heavy atom. The highest BCUT2D eigenvalue weighted by atomic mass is 16.5. The van der Waals surface area contributed by atoms with Gasteiger partial charge in [0.1, 0.15) is 24.3 Å². The molecule has 3 aromatic rings. The van der Waals surface area contributed by atoms with Gasteiger partial charge in [-0.15, -0.1) is 0 Å². The zero-order valence-electron chi connectivity index (χ0n) is 17.8. The Morgan fingerprint density at radius 1 is 1.20 bits per heavy atom. The molecule has 0 amide bonds. The molecule has 154 valence electrons. The van der Waals surface area contributed by atoms with Crippen molar-refractivity contribution in [3.8, 4) is 17.6 Å². The Bertz CT molecular complexity index is 1140. The van der Waals surface area contributed by atoms with E-state index in [0.717, 1.165) is 22.5 Å². The van der Waals surface area contributed by atoms with Crippen LogP contribution >= 0.6 is 0 Å². The van der Waals surface area contributed by atoms with Crippen LogP contribution in [-0.4, -0.2) is 24.5 Å². The second-order valence-corrected chi connectivity index (χ2v) is 8.70. The number of hydrogen-bond acceptors (Lipinski definition) is 6. The molecule has 1 atom stereocenters. The smallest absolute Gasteiger partial charge is 0.224 e. The summed E-state index contributed by atoms with van der Waals surface area (Å²) in [4.78, 5) is 3.99. The van der Waals surface area contributed by atoms with Crippen molar-refractivity contribution in [3.63, 3.8) is 0 Å². The number of fused-ring (bicyclic) bond motifs is 1. The molecule has 0 aliphatic carbocycles. The third kappa shape index (κ3) is 3.12. The Balaban J connectivity index is 1.92.